The highest BCUT2D eigenvalue weighted by Crippen LogP contribution is 2.21. The standard InChI is InChI=1S/C13H12BrFN2O2/c1-7-11(2-3-18)13(19)17-12(16-7)8-4-9(14)6-10(15)5-8/h4-6,18H,2-3H2,1H3,(H,16,17,19). The molecule has 0 unspecified atom stereocenters. The van der Waals surface area contributed by atoms with Crippen molar-refractivity contribution in [3.63, 3.8) is 0 Å². The Labute approximate surface area is 117 Å². The summed E-state index contributed by atoms with van der Waals surface area (Å²) < 4.78 is 13.9. The minimum Gasteiger partial charge on any atom is -0.396 e. The number of aromatic nitrogens is 2. The van der Waals surface area contributed by atoms with Gasteiger partial charge in [-0.05, 0) is 25.1 Å². The first-order valence-corrected chi connectivity index (χ1v) is 6.47. The maximum atomic E-state index is 13.3. The number of hydrogen-bond acceptors (Lipinski definition) is 3. The Balaban J connectivity index is 2.55. The van der Waals surface area contributed by atoms with E-state index in [9.17, 15) is 9.18 Å². The Kier molecular flexibility index (Phi) is 4.11. The maximum Gasteiger partial charge on any atom is 0.254 e. The average Bonchev–Trinajstić information content (AvgIpc) is 2.32. The van der Waals surface area contributed by atoms with Gasteiger partial charge >= 0.3 is 0 Å². The number of aryl methyl sites for hydroxylation is 1. The number of aliphatic hydroxyl groups excluding tert-OH is 1. The Morgan fingerprint density at radius 1 is 1.42 bits per heavy atom. The van der Waals surface area contributed by atoms with Crippen molar-refractivity contribution in [1.29, 1.82) is 0 Å². The molecule has 100 valence electrons. The van der Waals surface area contributed by atoms with Gasteiger partial charge in [-0.2, -0.15) is 0 Å². The lowest BCUT2D eigenvalue weighted by Gasteiger charge is -2.07. The van der Waals surface area contributed by atoms with Crippen LogP contribution in [0.15, 0.2) is 27.5 Å². The van der Waals surface area contributed by atoms with Crippen LogP contribution in [-0.4, -0.2) is 21.7 Å². The van der Waals surface area contributed by atoms with Crippen molar-refractivity contribution in [3.8, 4) is 11.4 Å². The molecular weight excluding hydrogens is 315 g/mol. The molecule has 0 saturated carbocycles. The Morgan fingerprint density at radius 3 is 2.74 bits per heavy atom. The Bertz CT molecular complexity index is 650. The first kappa shape index (κ1) is 13.9. The van der Waals surface area contributed by atoms with Gasteiger partial charge in [0, 0.05) is 34.3 Å². The van der Waals surface area contributed by atoms with Crippen LogP contribution < -0.4 is 5.56 Å². The van der Waals surface area contributed by atoms with Crippen LogP contribution in [0.5, 0.6) is 0 Å². The second-order valence-electron chi connectivity index (χ2n) is 4.11. The van der Waals surface area contributed by atoms with Gasteiger partial charge in [0.25, 0.3) is 5.56 Å². The van der Waals surface area contributed by atoms with Gasteiger partial charge in [-0.3, -0.25) is 4.79 Å². The highest BCUT2D eigenvalue weighted by molar-refractivity contribution is 9.10. The molecule has 6 heteroatoms. The number of halogens is 2. The number of H-pyrrole nitrogens is 1. The van der Waals surface area contributed by atoms with E-state index in [-0.39, 0.29) is 18.6 Å². The molecule has 0 amide bonds. The summed E-state index contributed by atoms with van der Waals surface area (Å²) in [7, 11) is 0. The number of aliphatic hydroxyl groups is 1. The molecule has 0 aliphatic carbocycles. The van der Waals surface area contributed by atoms with E-state index in [1.165, 1.54) is 12.1 Å². The molecule has 1 heterocycles. The van der Waals surface area contributed by atoms with Gasteiger partial charge < -0.3 is 10.1 Å². The third-order valence-corrected chi connectivity index (χ3v) is 3.18. The Morgan fingerprint density at radius 2 is 2.16 bits per heavy atom. The summed E-state index contributed by atoms with van der Waals surface area (Å²) in [5, 5.41) is 8.89. The van der Waals surface area contributed by atoms with E-state index in [2.05, 4.69) is 25.9 Å². The third kappa shape index (κ3) is 3.08. The van der Waals surface area contributed by atoms with Crippen molar-refractivity contribution < 1.29 is 9.50 Å². The predicted molar refractivity (Wildman–Crippen MR) is 73.5 cm³/mol. The summed E-state index contributed by atoms with van der Waals surface area (Å²) >= 11 is 3.19. The summed E-state index contributed by atoms with van der Waals surface area (Å²) in [4.78, 5) is 18.7. The zero-order valence-electron chi connectivity index (χ0n) is 10.2. The normalized spacial score (nSPS) is 10.7. The van der Waals surface area contributed by atoms with E-state index < -0.39 is 5.82 Å². The molecular formula is C13H12BrFN2O2. The number of aromatic amines is 1. The molecule has 2 rings (SSSR count). The van der Waals surface area contributed by atoms with Crippen LogP contribution in [0.25, 0.3) is 11.4 Å². The van der Waals surface area contributed by atoms with Crippen LogP contribution in [0.3, 0.4) is 0 Å². The summed E-state index contributed by atoms with van der Waals surface area (Å²) in [6.07, 6.45) is 0.251. The van der Waals surface area contributed by atoms with Gasteiger partial charge in [0.15, 0.2) is 0 Å². The smallest absolute Gasteiger partial charge is 0.254 e. The van der Waals surface area contributed by atoms with E-state index >= 15 is 0 Å². The molecule has 2 N–H and O–H groups in total. The van der Waals surface area contributed by atoms with Crippen LogP contribution in [-0.2, 0) is 6.42 Å². The zero-order valence-corrected chi connectivity index (χ0v) is 11.8. The first-order chi connectivity index (χ1) is 9.01. The number of hydrogen-bond donors (Lipinski definition) is 2. The number of nitrogens with zero attached hydrogens (tertiary/aromatic N) is 1. The van der Waals surface area contributed by atoms with E-state index in [1.54, 1.807) is 13.0 Å². The fraction of sp³-hybridized carbons (Fsp3) is 0.231. The molecule has 0 bridgehead atoms. The van der Waals surface area contributed by atoms with E-state index in [4.69, 9.17) is 5.11 Å². The molecule has 4 nitrogen and oxygen atoms in total. The molecule has 0 fully saturated rings. The molecule has 0 aliphatic heterocycles. The lowest BCUT2D eigenvalue weighted by atomic mass is 10.1. The molecule has 0 aliphatic rings. The van der Waals surface area contributed by atoms with Crippen molar-refractivity contribution in [3.05, 3.63) is 50.1 Å². The number of rotatable bonds is 3. The maximum absolute atomic E-state index is 13.3. The fourth-order valence-electron chi connectivity index (χ4n) is 1.84. The molecule has 1 aromatic carbocycles. The van der Waals surface area contributed by atoms with Gasteiger partial charge in [0.05, 0.1) is 0 Å². The highest BCUT2D eigenvalue weighted by atomic mass is 79.9. The molecule has 0 radical (unpaired) electrons. The molecule has 0 saturated heterocycles. The minimum atomic E-state index is -0.413. The van der Waals surface area contributed by atoms with E-state index in [0.29, 0.717) is 27.1 Å². The van der Waals surface area contributed by atoms with Gasteiger partial charge in [-0.15, -0.1) is 0 Å². The molecule has 19 heavy (non-hydrogen) atoms. The van der Waals surface area contributed by atoms with Gasteiger partial charge in [0.2, 0.25) is 0 Å². The molecule has 2 aromatic rings. The quantitative estimate of drug-likeness (QED) is 0.908. The number of benzene rings is 1. The summed E-state index contributed by atoms with van der Waals surface area (Å²) in [6, 6.07) is 4.30. The zero-order chi connectivity index (χ0) is 14.0. The van der Waals surface area contributed by atoms with Gasteiger partial charge in [-0.1, -0.05) is 15.9 Å². The molecule has 0 spiro atoms. The fourth-order valence-corrected chi connectivity index (χ4v) is 2.31. The van der Waals surface area contributed by atoms with Crippen molar-refractivity contribution in [2.45, 2.75) is 13.3 Å². The SMILES string of the molecule is Cc1nc(-c2cc(F)cc(Br)c2)[nH]c(=O)c1CCO. The van der Waals surface area contributed by atoms with Crippen LogP contribution in [0.2, 0.25) is 0 Å². The lowest BCUT2D eigenvalue weighted by molar-refractivity contribution is 0.298. The Hall–Kier alpha value is -1.53. The monoisotopic (exact) mass is 326 g/mol. The summed E-state index contributed by atoms with van der Waals surface area (Å²) in [5.41, 5.74) is 1.16. The highest BCUT2D eigenvalue weighted by Gasteiger charge is 2.10. The van der Waals surface area contributed by atoms with Gasteiger partial charge in [0.1, 0.15) is 11.6 Å². The average molecular weight is 327 g/mol. The lowest BCUT2D eigenvalue weighted by Crippen LogP contribution is -2.18. The van der Waals surface area contributed by atoms with Crippen LogP contribution in [0.1, 0.15) is 11.3 Å². The van der Waals surface area contributed by atoms with E-state index in [0.717, 1.165) is 0 Å². The second kappa shape index (κ2) is 5.63. The largest absolute Gasteiger partial charge is 0.396 e. The topological polar surface area (TPSA) is 66.0 Å². The summed E-state index contributed by atoms with van der Waals surface area (Å²) in [5.74, 6) is -0.103. The summed E-state index contributed by atoms with van der Waals surface area (Å²) in [6.45, 7) is 1.58. The van der Waals surface area contributed by atoms with Gasteiger partial charge in [-0.25, -0.2) is 9.37 Å². The molecule has 0 atom stereocenters. The van der Waals surface area contributed by atoms with Crippen molar-refractivity contribution in [2.75, 3.05) is 6.61 Å². The van der Waals surface area contributed by atoms with Crippen LogP contribution in [0, 0.1) is 12.7 Å². The van der Waals surface area contributed by atoms with Crippen LogP contribution >= 0.6 is 15.9 Å². The van der Waals surface area contributed by atoms with Crippen molar-refractivity contribution in [1.82, 2.24) is 9.97 Å². The molecule has 1 aromatic heterocycles. The number of nitrogens with one attached hydrogen (secondary N) is 1. The predicted octanol–water partition coefficient (Wildman–Crippen LogP) is 2.18. The first-order valence-electron chi connectivity index (χ1n) is 5.68. The second-order valence-corrected chi connectivity index (χ2v) is 5.03. The van der Waals surface area contributed by atoms with Crippen molar-refractivity contribution in [2.24, 2.45) is 0 Å². The minimum absolute atomic E-state index is 0.115. The van der Waals surface area contributed by atoms with Crippen molar-refractivity contribution >= 4 is 15.9 Å². The van der Waals surface area contributed by atoms with E-state index in [1.807, 2.05) is 0 Å². The third-order valence-electron chi connectivity index (χ3n) is 2.72. The van der Waals surface area contributed by atoms with Crippen LogP contribution in [0.4, 0.5) is 4.39 Å².